The Balaban J connectivity index is 1.76. The van der Waals surface area contributed by atoms with Crippen molar-refractivity contribution in [3.05, 3.63) is 18.2 Å². The van der Waals surface area contributed by atoms with Crippen LogP contribution in [-0.4, -0.2) is 44.1 Å². The highest BCUT2D eigenvalue weighted by atomic mass is 32.2. The Morgan fingerprint density at radius 2 is 1.79 bits per heavy atom. The van der Waals surface area contributed by atoms with Crippen molar-refractivity contribution < 1.29 is 13.2 Å². The summed E-state index contributed by atoms with van der Waals surface area (Å²) >= 11 is 5.52. The first kappa shape index (κ1) is 22.3. The van der Waals surface area contributed by atoms with Gasteiger partial charge in [-0.15, -0.1) is 0 Å². The van der Waals surface area contributed by atoms with E-state index in [9.17, 15) is 8.42 Å². The summed E-state index contributed by atoms with van der Waals surface area (Å²) < 4.78 is 33.3. The number of thiocarbonyl (C=S) groups is 1. The lowest BCUT2D eigenvalue weighted by Crippen LogP contribution is -2.43. The van der Waals surface area contributed by atoms with Gasteiger partial charge in [0.25, 0.3) is 0 Å². The molecule has 0 aromatic heterocycles. The van der Waals surface area contributed by atoms with Gasteiger partial charge >= 0.3 is 0 Å². The molecule has 162 valence electrons. The van der Waals surface area contributed by atoms with E-state index >= 15 is 0 Å². The summed E-state index contributed by atoms with van der Waals surface area (Å²) in [5.74, 6) is 1.14. The standard InChI is InChI=1S/C21H33N3O3S2/c1-16-9-5-6-10-18(16)22-21(28)23-19-15-17(11-12-20(19)27-2)29(25,26)24-13-7-3-4-8-14-24/h11-12,15-16,18H,3-10,13-14H2,1-2H3,(H2,22,23,28)/t16-,18+/m0/s1. The van der Waals surface area contributed by atoms with E-state index in [1.807, 2.05) is 0 Å². The van der Waals surface area contributed by atoms with E-state index < -0.39 is 10.0 Å². The van der Waals surface area contributed by atoms with Crippen molar-refractivity contribution in [1.82, 2.24) is 9.62 Å². The van der Waals surface area contributed by atoms with E-state index in [-0.39, 0.29) is 4.90 Å². The maximum atomic E-state index is 13.1. The fraction of sp³-hybridized carbons (Fsp3) is 0.667. The normalized spacial score (nSPS) is 23.8. The monoisotopic (exact) mass is 439 g/mol. The molecule has 1 aliphatic carbocycles. The Morgan fingerprint density at radius 3 is 2.45 bits per heavy atom. The molecule has 2 aliphatic rings. The molecule has 2 N–H and O–H groups in total. The van der Waals surface area contributed by atoms with Crippen LogP contribution in [-0.2, 0) is 10.0 Å². The van der Waals surface area contributed by atoms with Crippen LogP contribution in [0, 0.1) is 5.92 Å². The molecular formula is C21H33N3O3S2. The predicted molar refractivity (Wildman–Crippen MR) is 121 cm³/mol. The van der Waals surface area contributed by atoms with Gasteiger partial charge < -0.3 is 15.4 Å². The Labute approximate surface area is 180 Å². The fourth-order valence-corrected chi connectivity index (χ4v) is 6.04. The Kier molecular flexibility index (Phi) is 7.76. The molecule has 29 heavy (non-hydrogen) atoms. The number of hydrogen-bond donors (Lipinski definition) is 2. The molecule has 0 radical (unpaired) electrons. The first-order chi connectivity index (χ1) is 13.9. The minimum Gasteiger partial charge on any atom is -0.495 e. The van der Waals surface area contributed by atoms with Gasteiger partial charge in [0, 0.05) is 19.1 Å². The molecule has 8 heteroatoms. The molecule has 1 aromatic carbocycles. The molecule has 2 atom stereocenters. The topological polar surface area (TPSA) is 70.7 Å². The van der Waals surface area contributed by atoms with Gasteiger partial charge in [0.2, 0.25) is 10.0 Å². The number of nitrogens with one attached hydrogen (secondary N) is 2. The van der Waals surface area contributed by atoms with Crippen molar-refractivity contribution in [2.24, 2.45) is 5.92 Å². The summed E-state index contributed by atoms with van der Waals surface area (Å²) in [5.41, 5.74) is 0.573. The Bertz CT molecular complexity index is 805. The molecule has 1 saturated carbocycles. The third-order valence-electron chi connectivity index (χ3n) is 6.05. The third kappa shape index (κ3) is 5.61. The zero-order chi connectivity index (χ0) is 20.9. The number of sulfonamides is 1. The van der Waals surface area contributed by atoms with Crippen molar-refractivity contribution in [2.75, 3.05) is 25.5 Å². The molecule has 1 aliphatic heterocycles. The number of methoxy groups -OCH3 is 1. The smallest absolute Gasteiger partial charge is 0.243 e. The first-order valence-electron chi connectivity index (χ1n) is 10.7. The molecule has 1 saturated heterocycles. The predicted octanol–water partition coefficient (Wildman–Crippen LogP) is 4.13. The molecule has 1 heterocycles. The summed E-state index contributed by atoms with van der Waals surface area (Å²) in [7, 11) is -1.96. The highest BCUT2D eigenvalue weighted by molar-refractivity contribution is 7.89. The Morgan fingerprint density at radius 1 is 1.10 bits per heavy atom. The zero-order valence-electron chi connectivity index (χ0n) is 17.4. The Hall–Kier alpha value is -1.38. The van der Waals surface area contributed by atoms with E-state index in [0.717, 1.165) is 32.1 Å². The van der Waals surface area contributed by atoms with Crippen LogP contribution in [0.5, 0.6) is 5.75 Å². The van der Waals surface area contributed by atoms with Crippen LogP contribution in [0.25, 0.3) is 0 Å². The van der Waals surface area contributed by atoms with Crippen LogP contribution >= 0.6 is 12.2 Å². The maximum absolute atomic E-state index is 13.1. The minimum absolute atomic E-state index is 0.275. The average molecular weight is 440 g/mol. The number of anilines is 1. The first-order valence-corrected chi connectivity index (χ1v) is 12.5. The summed E-state index contributed by atoms with van der Waals surface area (Å²) in [5, 5.41) is 7.08. The van der Waals surface area contributed by atoms with Gasteiger partial charge in [-0.1, -0.05) is 32.6 Å². The number of ether oxygens (including phenoxy) is 1. The van der Waals surface area contributed by atoms with Crippen molar-refractivity contribution >= 4 is 33.0 Å². The largest absolute Gasteiger partial charge is 0.495 e. The minimum atomic E-state index is -3.53. The molecule has 0 bridgehead atoms. The maximum Gasteiger partial charge on any atom is 0.243 e. The molecule has 2 fully saturated rings. The summed E-state index contributed by atoms with van der Waals surface area (Å²) in [6.07, 6.45) is 8.77. The van der Waals surface area contributed by atoms with Gasteiger partial charge in [-0.25, -0.2) is 8.42 Å². The van der Waals surface area contributed by atoms with Crippen molar-refractivity contribution in [3.63, 3.8) is 0 Å². The van der Waals surface area contributed by atoms with Gasteiger partial charge in [0.1, 0.15) is 5.75 Å². The number of nitrogens with zero attached hydrogens (tertiary/aromatic N) is 1. The molecular weight excluding hydrogens is 406 g/mol. The SMILES string of the molecule is COc1ccc(S(=O)(=O)N2CCCCCC2)cc1NC(=S)N[C@@H]1CCCC[C@@H]1C. The van der Waals surface area contributed by atoms with Gasteiger partial charge in [-0.2, -0.15) is 4.31 Å². The molecule has 0 unspecified atom stereocenters. The highest BCUT2D eigenvalue weighted by Gasteiger charge is 2.26. The van der Waals surface area contributed by atoms with E-state index in [0.29, 0.717) is 41.6 Å². The lowest BCUT2D eigenvalue weighted by atomic mass is 9.86. The second-order valence-electron chi connectivity index (χ2n) is 8.15. The summed E-state index contributed by atoms with van der Waals surface area (Å²) in [6.45, 7) is 3.40. The number of rotatable bonds is 5. The van der Waals surface area contributed by atoms with Gasteiger partial charge in [0.05, 0.1) is 17.7 Å². The van der Waals surface area contributed by atoms with Crippen LogP contribution in [0.4, 0.5) is 5.69 Å². The average Bonchev–Trinajstić information content (AvgIpc) is 3.00. The molecule has 0 amide bonds. The van der Waals surface area contributed by atoms with Crippen LogP contribution < -0.4 is 15.4 Å². The van der Waals surface area contributed by atoms with Crippen LogP contribution in [0.3, 0.4) is 0 Å². The summed E-state index contributed by atoms with van der Waals surface area (Å²) in [6, 6.07) is 5.29. The quantitative estimate of drug-likeness (QED) is 0.673. The van der Waals surface area contributed by atoms with Crippen LogP contribution in [0.1, 0.15) is 58.3 Å². The number of hydrogen-bond acceptors (Lipinski definition) is 4. The second-order valence-corrected chi connectivity index (χ2v) is 10.5. The van der Waals surface area contributed by atoms with Crippen LogP contribution in [0.2, 0.25) is 0 Å². The molecule has 1 aromatic rings. The van der Waals surface area contributed by atoms with Crippen molar-refractivity contribution in [1.29, 1.82) is 0 Å². The second kappa shape index (κ2) is 10.1. The highest BCUT2D eigenvalue weighted by Crippen LogP contribution is 2.30. The fourth-order valence-electron chi connectivity index (χ4n) is 4.23. The van der Waals surface area contributed by atoms with E-state index in [2.05, 4.69) is 17.6 Å². The summed E-state index contributed by atoms with van der Waals surface area (Å²) in [4.78, 5) is 0.275. The van der Waals surface area contributed by atoms with Crippen LogP contribution in [0.15, 0.2) is 23.1 Å². The zero-order valence-corrected chi connectivity index (χ0v) is 19.1. The molecule has 6 nitrogen and oxygen atoms in total. The lowest BCUT2D eigenvalue weighted by Gasteiger charge is -2.30. The molecule has 3 rings (SSSR count). The van der Waals surface area contributed by atoms with Crippen molar-refractivity contribution in [2.45, 2.75) is 69.2 Å². The number of benzene rings is 1. The van der Waals surface area contributed by atoms with E-state index in [1.54, 1.807) is 29.6 Å². The van der Waals surface area contributed by atoms with E-state index in [1.165, 1.54) is 19.3 Å². The van der Waals surface area contributed by atoms with Gasteiger partial charge in [0.15, 0.2) is 5.11 Å². The lowest BCUT2D eigenvalue weighted by molar-refractivity contribution is 0.309. The van der Waals surface area contributed by atoms with Crippen molar-refractivity contribution in [3.8, 4) is 5.75 Å². The van der Waals surface area contributed by atoms with E-state index in [4.69, 9.17) is 17.0 Å². The third-order valence-corrected chi connectivity index (χ3v) is 8.16. The van der Waals surface area contributed by atoms with Gasteiger partial charge in [-0.3, -0.25) is 0 Å². The molecule has 0 spiro atoms. The van der Waals surface area contributed by atoms with Gasteiger partial charge in [-0.05, 0) is 62.0 Å².